The molecule has 0 bridgehead atoms. The van der Waals surface area contributed by atoms with Gasteiger partial charge in [-0.05, 0) is 6.42 Å². The number of rotatable bonds is 3. The summed E-state index contributed by atoms with van der Waals surface area (Å²) in [6.45, 7) is 1.89. The molecule has 0 N–H and O–H groups in total. The lowest BCUT2D eigenvalue weighted by atomic mass is 10.1. The molecule has 7 nitrogen and oxygen atoms in total. The normalized spacial score (nSPS) is 25.2. The fourth-order valence-electron chi connectivity index (χ4n) is 3.78. The molecule has 2 aromatic rings. The number of carbonyl (C=O) groups is 1. The molecule has 0 spiro atoms. The zero-order valence-corrected chi connectivity index (χ0v) is 12.9. The maximum atomic E-state index is 12.4. The van der Waals surface area contributed by atoms with Crippen LogP contribution in [0, 0.1) is 0 Å². The second-order valence-corrected chi connectivity index (χ2v) is 6.26. The molecule has 116 valence electrons. The number of anilines is 1. The average Bonchev–Trinajstić information content (AvgIpc) is 3.20. The number of aromatic nitrogens is 4. The summed E-state index contributed by atoms with van der Waals surface area (Å²) in [4.78, 5) is 16.8. The van der Waals surface area contributed by atoms with E-state index in [4.69, 9.17) is 0 Å². The van der Waals surface area contributed by atoms with Crippen molar-refractivity contribution in [3.05, 3.63) is 30.4 Å². The monoisotopic (exact) mass is 300 g/mol. The Morgan fingerprint density at radius 1 is 1.14 bits per heavy atom. The summed E-state index contributed by atoms with van der Waals surface area (Å²) in [7, 11) is 3.81. The number of likely N-dealkylation sites (tertiary alicyclic amines) is 1. The smallest absolute Gasteiger partial charge is 0.229 e. The van der Waals surface area contributed by atoms with Crippen molar-refractivity contribution < 1.29 is 4.79 Å². The van der Waals surface area contributed by atoms with E-state index in [0.717, 1.165) is 25.2 Å². The molecule has 0 radical (unpaired) electrons. The lowest BCUT2D eigenvalue weighted by Crippen LogP contribution is -2.37. The maximum absolute atomic E-state index is 12.4. The van der Waals surface area contributed by atoms with E-state index < -0.39 is 0 Å². The molecule has 22 heavy (non-hydrogen) atoms. The van der Waals surface area contributed by atoms with Crippen LogP contribution < -0.4 is 4.90 Å². The summed E-state index contributed by atoms with van der Waals surface area (Å²) >= 11 is 0. The molecule has 2 aromatic heterocycles. The summed E-state index contributed by atoms with van der Waals surface area (Å²) in [6.07, 6.45) is 9.27. The highest BCUT2D eigenvalue weighted by Gasteiger charge is 2.47. The summed E-state index contributed by atoms with van der Waals surface area (Å²) in [5.41, 5.74) is 2.12. The van der Waals surface area contributed by atoms with Gasteiger partial charge in [-0.2, -0.15) is 10.2 Å². The van der Waals surface area contributed by atoms with E-state index in [1.54, 1.807) is 10.9 Å². The van der Waals surface area contributed by atoms with Crippen molar-refractivity contribution in [2.24, 2.45) is 14.1 Å². The first-order valence-corrected chi connectivity index (χ1v) is 7.64. The van der Waals surface area contributed by atoms with Crippen LogP contribution in [0.5, 0.6) is 0 Å². The van der Waals surface area contributed by atoms with Crippen LogP contribution in [0.15, 0.2) is 24.8 Å². The van der Waals surface area contributed by atoms with Gasteiger partial charge in [0, 0.05) is 57.6 Å². The van der Waals surface area contributed by atoms with E-state index in [0.29, 0.717) is 12.5 Å². The number of hydrogen-bond acceptors (Lipinski definition) is 4. The minimum atomic E-state index is 0.207. The Labute approximate surface area is 129 Å². The molecule has 0 saturated carbocycles. The quantitative estimate of drug-likeness (QED) is 0.830. The van der Waals surface area contributed by atoms with Gasteiger partial charge in [-0.1, -0.05) is 0 Å². The number of hydrogen-bond donors (Lipinski definition) is 0. The Balaban J connectivity index is 1.54. The summed E-state index contributed by atoms with van der Waals surface area (Å²) < 4.78 is 3.57. The van der Waals surface area contributed by atoms with Crippen LogP contribution in [0.4, 0.5) is 5.69 Å². The molecule has 2 fully saturated rings. The van der Waals surface area contributed by atoms with Crippen LogP contribution in [0.25, 0.3) is 0 Å². The largest absolute Gasteiger partial charge is 0.305 e. The van der Waals surface area contributed by atoms with Crippen LogP contribution in [0.3, 0.4) is 0 Å². The molecule has 2 aliphatic rings. The van der Waals surface area contributed by atoms with E-state index in [-0.39, 0.29) is 11.9 Å². The Kier molecular flexibility index (Phi) is 3.04. The second-order valence-electron chi connectivity index (χ2n) is 6.26. The van der Waals surface area contributed by atoms with Gasteiger partial charge in [0.25, 0.3) is 0 Å². The average molecular weight is 300 g/mol. The van der Waals surface area contributed by atoms with Gasteiger partial charge in [-0.15, -0.1) is 0 Å². The lowest BCUT2D eigenvalue weighted by molar-refractivity contribution is -0.117. The van der Waals surface area contributed by atoms with Gasteiger partial charge in [0.05, 0.1) is 24.1 Å². The van der Waals surface area contributed by atoms with Crippen LogP contribution in [0.1, 0.15) is 18.4 Å². The Bertz CT molecular complexity index is 704. The van der Waals surface area contributed by atoms with Crippen molar-refractivity contribution in [2.45, 2.75) is 31.5 Å². The van der Waals surface area contributed by atoms with Crippen LogP contribution in [-0.4, -0.2) is 49.0 Å². The first kappa shape index (κ1) is 13.5. The zero-order chi connectivity index (χ0) is 15.3. The van der Waals surface area contributed by atoms with Crippen molar-refractivity contribution in [3.63, 3.8) is 0 Å². The number of aryl methyl sites for hydroxylation is 2. The number of fused-ring (bicyclic) bond motifs is 1. The molecule has 0 aliphatic carbocycles. The predicted molar refractivity (Wildman–Crippen MR) is 81.1 cm³/mol. The fourth-order valence-corrected chi connectivity index (χ4v) is 3.78. The van der Waals surface area contributed by atoms with Crippen molar-refractivity contribution in [1.29, 1.82) is 0 Å². The fraction of sp³-hybridized carbons (Fsp3) is 0.533. The summed E-state index contributed by atoms with van der Waals surface area (Å²) in [6, 6.07) is 0.571. The third-order valence-corrected chi connectivity index (χ3v) is 4.72. The van der Waals surface area contributed by atoms with Crippen LogP contribution >= 0.6 is 0 Å². The van der Waals surface area contributed by atoms with Crippen molar-refractivity contribution in [2.75, 3.05) is 11.4 Å². The van der Waals surface area contributed by atoms with Crippen molar-refractivity contribution in [1.82, 2.24) is 24.5 Å². The minimum Gasteiger partial charge on any atom is -0.305 e. The third-order valence-electron chi connectivity index (χ3n) is 4.72. The van der Waals surface area contributed by atoms with E-state index in [1.165, 1.54) is 5.56 Å². The molecule has 2 saturated heterocycles. The van der Waals surface area contributed by atoms with Gasteiger partial charge in [0.1, 0.15) is 0 Å². The van der Waals surface area contributed by atoms with E-state index in [9.17, 15) is 4.79 Å². The van der Waals surface area contributed by atoms with Gasteiger partial charge in [-0.3, -0.25) is 19.1 Å². The molecule has 1 amide bonds. The first-order chi connectivity index (χ1) is 10.6. The molecule has 4 rings (SSSR count). The highest BCUT2D eigenvalue weighted by Crippen LogP contribution is 2.36. The van der Waals surface area contributed by atoms with Crippen molar-refractivity contribution >= 4 is 11.6 Å². The third kappa shape index (κ3) is 2.12. The van der Waals surface area contributed by atoms with Crippen LogP contribution in [0.2, 0.25) is 0 Å². The van der Waals surface area contributed by atoms with Gasteiger partial charge in [-0.25, -0.2) is 0 Å². The summed E-state index contributed by atoms with van der Waals surface area (Å²) in [5.74, 6) is 0.207. The standard InChI is InChI=1S/C15H20N6O/c1-18-8-11(6-16-18)9-20-4-3-13-14(20)5-15(22)21(13)12-7-17-19(2)10-12/h6-8,10,13-14H,3-5,9H2,1-2H3/t13-,14+/m1/s1. The molecule has 2 aliphatic heterocycles. The van der Waals surface area contributed by atoms with Gasteiger partial charge in [0.15, 0.2) is 0 Å². The van der Waals surface area contributed by atoms with Crippen molar-refractivity contribution in [3.8, 4) is 0 Å². The van der Waals surface area contributed by atoms with E-state index in [1.807, 2.05) is 42.3 Å². The Morgan fingerprint density at radius 3 is 2.59 bits per heavy atom. The molecule has 0 aromatic carbocycles. The Morgan fingerprint density at radius 2 is 1.91 bits per heavy atom. The maximum Gasteiger partial charge on any atom is 0.229 e. The zero-order valence-electron chi connectivity index (χ0n) is 12.9. The van der Waals surface area contributed by atoms with E-state index in [2.05, 4.69) is 15.1 Å². The number of carbonyl (C=O) groups excluding carboxylic acids is 1. The lowest BCUT2D eigenvalue weighted by Gasteiger charge is -2.24. The first-order valence-electron chi connectivity index (χ1n) is 7.64. The molecular weight excluding hydrogens is 280 g/mol. The van der Waals surface area contributed by atoms with Gasteiger partial charge < -0.3 is 4.90 Å². The number of amides is 1. The molecule has 4 heterocycles. The SMILES string of the molecule is Cn1cc(CN2CC[C@@H]3[C@@H]2CC(=O)N3c2cnn(C)c2)cn1. The molecular formula is C15H20N6O. The number of nitrogens with zero attached hydrogens (tertiary/aromatic N) is 6. The molecule has 0 unspecified atom stereocenters. The highest BCUT2D eigenvalue weighted by atomic mass is 16.2. The summed E-state index contributed by atoms with van der Waals surface area (Å²) in [5, 5.41) is 8.42. The highest BCUT2D eigenvalue weighted by molar-refractivity contribution is 5.97. The van der Waals surface area contributed by atoms with Gasteiger partial charge >= 0.3 is 0 Å². The van der Waals surface area contributed by atoms with Crippen LogP contribution in [-0.2, 0) is 25.4 Å². The Hall–Kier alpha value is -2.15. The second kappa shape index (κ2) is 4.95. The molecule has 7 heteroatoms. The van der Waals surface area contributed by atoms with Gasteiger partial charge in [0.2, 0.25) is 5.91 Å². The minimum absolute atomic E-state index is 0.207. The van der Waals surface area contributed by atoms with E-state index >= 15 is 0 Å². The molecule has 2 atom stereocenters. The predicted octanol–water partition coefficient (Wildman–Crippen LogP) is 0.533. The topological polar surface area (TPSA) is 59.2 Å².